The molecule has 0 radical (unpaired) electrons. The lowest BCUT2D eigenvalue weighted by atomic mass is 10.2. The third-order valence-corrected chi connectivity index (χ3v) is 7.32. The zero-order valence-corrected chi connectivity index (χ0v) is 38.4. The highest BCUT2D eigenvalue weighted by molar-refractivity contribution is 7.88. The average Bonchev–Trinajstić information content (AvgIpc) is 3.16. The zero-order chi connectivity index (χ0) is 49.6. The van der Waals surface area contributed by atoms with Gasteiger partial charge in [0.05, 0.1) is 39.5 Å². The summed E-state index contributed by atoms with van der Waals surface area (Å²) in [6.45, 7) is 17.6. The van der Waals surface area contributed by atoms with Crippen LogP contribution in [0.2, 0.25) is 0 Å². The first-order valence-corrected chi connectivity index (χ1v) is 20.4. The van der Waals surface area contributed by atoms with Crippen LogP contribution in [-0.2, 0) is 38.5 Å². The number of halogens is 3. The molecule has 2 rings (SSSR count). The summed E-state index contributed by atoms with van der Waals surface area (Å²) in [6.07, 6.45) is 4.14. The molecule has 0 saturated carbocycles. The minimum Gasteiger partial charge on any atom is -0.461 e. The Bertz CT molecular complexity index is 2090. The molecule has 0 bridgehead atoms. The van der Waals surface area contributed by atoms with Crippen molar-refractivity contribution in [2.45, 2.75) is 85.9 Å². The Morgan fingerprint density at radius 2 is 0.953 bits per heavy atom. The van der Waals surface area contributed by atoms with E-state index in [-0.39, 0.29) is 57.0 Å². The lowest BCUT2D eigenvalue weighted by molar-refractivity contribution is -0.0500. The normalized spacial score (nSPS) is 10.8. The van der Waals surface area contributed by atoms with Gasteiger partial charge in [-0.15, -0.1) is 6.42 Å². The van der Waals surface area contributed by atoms with E-state index in [0.29, 0.717) is 17.7 Å². The van der Waals surface area contributed by atoms with Crippen molar-refractivity contribution in [1.29, 1.82) is 0 Å². The predicted molar refractivity (Wildman–Crippen MR) is 221 cm³/mol. The van der Waals surface area contributed by atoms with Crippen molar-refractivity contribution in [3.05, 3.63) is 52.6 Å². The van der Waals surface area contributed by atoms with Crippen LogP contribution in [0.25, 0.3) is 0 Å². The van der Waals surface area contributed by atoms with Crippen LogP contribution >= 0.6 is 0 Å². The van der Waals surface area contributed by atoms with Crippen molar-refractivity contribution >= 4 is 46.2 Å². The Morgan fingerprint density at radius 1 is 0.625 bits per heavy atom. The molecule has 354 valence electrons. The van der Waals surface area contributed by atoms with E-state index in [1.165, 1.54) is 35.8 Å². The Morgan fingerprint density at radius 3 is 1.25 bits per heavy atom. The van der Waals surface area contributed by atoms with Gasteiger partial charge in [0.25, 0.3) is 0 Å². The molecule has 0 N–H and O–H groups in total. The maximum atomic E-state index is 12.4. The SMILES string of the molecule is C#CCN(C)C(=O)OC(C)(C)C.CCOC(=O)c1cc(C#CCN(C)C(=O)OC(C)(C)C)cc(C(=O)OCC)n1.CCOC(=O)c1cc(OS(=O)(=O)C(F)(F)F)cc(C(=O)OCC)n1. The zero-order valence-electron chi connectivity index (χ0n) is 37.6. The van der Waals surface area contributed by atoms with Crippen LogP contribution in [0.15, 0.2) is 24.3 Å². The van der Waals surface area contributed by atoms with E-state index < -0.39 is 73.9 Å². The number of hydrogen-bond acceptors (Lipinski definition) is 17. The summed E-state index contributed by atoms with van der Waals surface area (Å²) in [6, 6.07) is 4.04. The second-order valence-corrected chi connectivity index (χ2v) is 15.8. The average molecular weight is 931 g/mol. The van der Waals surface area contributed by atoms with E-state index in [1.54, 1.807) is 48.7 Å². The standard InChI is InChI=1S/C20H26N2O6.C12H12F3NO7S.C9H15NO2/c1-7-26-17(23)15-12-14(13-16(21-15)18(24)27-8-2)10-9-11-22(6)19(25)28-20(3,4)5;1-3-21-10(17)8-5-7(23-24(19,20)12(13,14)15)6-9(16-8)11(18)22-4-2;1-6-7-10(5)8(11)12-9(2,3)4/h12-13H,7-8,11H2,1-6H3;5-6H,3-4H2,1-2H3;1H,7H2,2-5H3. The smallest absolute Gasteiger partial charge is 0.461 e. The monoisotopic (exact) mass is 930 g/mol. The van der Waals surface area contributed by atoms with Crippen molar-refractivity contribution in [3.63, 3.8) is 0 Å². The predicted octanol–water partition coefficient (Wildman–Crippen LogP) is 5.80. The minimum absolute atomic E-state index is 0.0443. The summed E-state index contributed by atoms with van der Waals surface area (Å²) < 4.78 is 92.4. The molecule has 0 fully saturated rings. The fourth-order valence-corrected chi connectivity index (χ4v) is 4.22. The number of carbonyl (C=O) groups is 6. The highest BCUT2D eigenvalue weighted by Crippen LogP contribution is 2.28. The maximum absolute atomic E-state index is 12.4. The second-order valence-electron chi connectivity index (χ2n) is 14.2. The molecule has 0 aliphatic rings. The molecule has 0 aromatic carbocycles. The fourth-order valence-electron chi connectivity index (χ4n) is 3.77. The number of nitrogens with zero attached hydrogens (tertiary/aromatic N) is 4. The summed E-state index contributed by atoms with van der Waals surface area (Å²) in [5, 5.41) is 0. The fraction of sp³-hybridized carbons (Fsp3) is 0.512. The summed E-state index contributed by atoms with van der Waals surface area (Å²) in [4.78, 5) is 80.5. The van der Waals surface area contributed by atoms with E-state index in [2.05, 4.69) is 41.4 Å². The Hall–Kier alpha value is -6.62. The quantitative estimate of drug-likeness (QED) is 0.0804. The van der Waals surface area contributed by atoms with Gasteiger partial charge >= 0.3 is 51.7 Å². The second kappa shape index (κ2) is 26.1. The maximum Gasteiger partial charge on any atom is 0.534 e. The van der Waals surface area contributed by atoms with Crippen LogP contribution in [0.4, 0.5) is 22.8 Å². The number of alkyl halides is 3. The minimum atomic E-state index is -5.99. The van der Waals surface area contributed by atoms with Gasteiger partial charge in [0, 0.05) is 31.8 Å². The van der Waals surface area contributed by atoms with Crippen LogP contribution < -0.4 is 4.18 Å². The van der Waals surface area contributed by atoms with Gasteiger partial charge in [-0.25, -0.2) is 38.7 Å². The van der Waals surface area contributed by atoms with Crippen molar-refractivity contribution in [1.82, 2.24) is 19.8 Å². The molecule has 0 aliphatic carbocycles. The van der Waals surface area contributed by atoms with Crippen molar-refractivity contribution in [2.24, 2.45) is 0 Å². The van der Waals surface area contributed by atoms with Gasteiger partial charge in [0.1, 0.15) is 17.0 Å². The van der Waals surface area contributed by atoms with Crippen molar-refractivity contribution in [3.8, 4) is 29.9 Å². The first-order chi connectivity index (χ1) is 29.4. The molecule has 0 atom stereocenters. The lowest BCUT2D eigenvalue weighted by Crippen LogP contribution is -2.34. The lowest BCUT2D eigenvalue weighted by Gasteiger charge is -2.23. The molecular weight excluding hydrogens is 878 g/mol. The first kappa shape index (κ1) is 57.4. The van der Waals surface area contributed by atoms with E-state index in [9.17, 15) is 50.4 Å². The van der Waals surface area contributed by atoms with E-state index >= 15 is 0 Å². The van der Waals surface area contributed by atoms with Gasteiger partial charge in [-0.3, -0.25) is 0 Å². The largest absolute Gasteiger partial charge is 0.534 e. The number of esters is 4. The number of aromatic nitrogens is 2. The highest BCUT2D eigenvalue weighted by atomic mass is 32.2. The summed E-state index contributed by atoms with van der Waals surface area (Å²) in [7, 11) is -2.83. The summed E-state index contributed by atoms with van der Waals surface area (Å²) in [5.41, 5.74) is -7.70. The van der Waals surface area contributed by atoms with Crippen molar-refractivity contribution < 1.29 is 83.0 Å². The highest BCUT2D eigenvalue weighted by Gasteiger charge is 2.48. The molecule has 2 aromatic heterocycles. The van der Waals surface area contributed by atoms with Gasteiger partial charge in [-0.05, 0) is 81.4 Å². The molecule has 2 amide bonds. The van der Waals surface area contributed by atoms with Gasteiger partial charge in [0.2, 0.25) is 0 Å². The first-order valence-electron chi connectivity index (χ1n) is 19.0. The number of amides is 2. The van der Waals surface area contributed by atoms with Crippen molar-refractivity contribution in [2.75, 3.05) is 53.6 Å². The molecule has 23 heteroatoms. The molecule has 19 nitrogen and oxygen atoms in total. The third kappa shape index (κ3) is 21.9. The molecule has 0 spiro atoms. The number of terminal acetylenes is 1. The van der Waals surface area contributed by atoms with E-state index in [4.69, 9.17) is 25.4 Å². The molecule has 0 unspecified atom stereocenters. The van der Waals surface area contributed by atoms with Gasteiger partial charge in [-0.2, -0.15) is 21.6 Å². The van der Waals surface area contributed by atoms with Crippen LogP contribution in [0.3, 0.4) is 0 Å². The Kier molecular flexibility index (Phi) is 23.4. The van der Waals surface area contributed by atoms with Crippen LogP contribution in [-0.4, -0.2) is 135 Å². The topological polar surface area (TPSA) is 233 Å². The molecular formula is C41H53F3N4O15S. The summed E-state index contributed by atoms with van der Waals surface area (Å²) >= 11 is 0. The number of pyridine rings is 2. The third-order valence-electron chi connectivity index (χ3n) is 6.34. The van der Waals surface area contributed by atoms with Gasteiger partial charge < -0.3 is 42.4 Å². The number of hydrogen-bond donors (Lipinski definition) is 0. The van der Waals surface area contributed by atoms with E-state index in [1.807, 2.05) is 20.8 Å². The number of rotatable bonds is 12. The summed E-state index contributed by atoms with van der Waals surface area (Å²) in [5.74, 6) is 3.54. The van der Waals surface area contributed by atoms with E-state index in [0.717, 1.165) is 0 Å². The molecule has 2 aromatic rings. The molecule has 64 heavy (non-hydrogen) atoms. The molecule has 2 heterocycles. The molecule has 0 aliphatic heterocycles. The Labute approximate surface area is 370 Å². The van der Waals surface area contributed by atoms with Crippen LogP contribution in [0.5, 0.6) is 5.75 Å². The van der Waals surface area contributed by atoms with Gasteiger partial charge in [0.15, 0.2) is 22.8 Å². The Balaban J connectivity index is 0.00000100. The number of carbonyl (C=O) groups excluding carboxylic acids is 6. The number of ether oxygens (including phenoxy) is 6. The molecule has 0 saturated heterocycles. The van der Waals surface area contributed by atoms with Crippen LogP contribution in [0.1, 0.15) is 117 Å². The van der Waals surface area contributed by atoms with Gasteiger partial charge in [-0.1, -0.05) is 17.8 Å². The van der Waals surface area contributed by atoms with Crippen LogP contribution in [0, 0.1) is 24.2 Å².